The van der Waals surface area contributed by atoms with E-state index in [4.69, 9.17) is 20.8 Å². The monoisotopic (exact) mass is 489 g/mol. The number of esters is 1. The quantitative estimate of drug-likeness (QED) is 0.310. The first kappa shape index (κ1) is 24.6. The first-order valence-electron chi connectivity index (χ1n) is 12.9. The molecule has 2 N–H and O–H groups in total. The Morgan fingerprint density at radius 3 is 2.58 bits per heavy atom. The van der Waals surface area contributed by atoms with Gasteiger partial charge in [0.15, 0.2) is 5.76 Å². The lowest BCUT2D eigenvalue weighted by atomic mass is 9.46. The summed E-state index contributed by atoms with van der Waals surface area (Å²) in [5.41, 5.74) is 1.99. The Hall–Kier alpha value is -3.04. The minimum Gasteiger partial charge on any atom is -0.508 e. The second-order valence-corrected chi connectivity index (χ2v) is 11.5. The average molecular weight is 490 g/mol. The summed E-state index contributed by atoms with van der Waals surface area (Å²) >= 11 is 0. The number of ether oxygens (including phenoxy) is 1. The minimum atomic E-state index is -0.909. The fourth-order valence-electron chi connectivity index (χ4n) is 7.82. The number of phenolic OH excluding ortho intramolecular Hbond substituents is 1. The third kappa shape index (κ3) is 3.85. The largest absolute Gasteiger partial charge is 0.508 e. The highest BCUT2D eigenvalue weighted by molar-refractivity contribution is 5.69. The van der Waals surface area contributed by atoms with Gasteiger partial charge in [-0.2, -0.15) is 0 Å². The number of terminal acetylenes is 1. The minimum absolute atomic E-state index is 0.114. The summed E-state index contributed by atoms with van der Waals surface area (Å²) in [7, 11) is 0. The lowest BCUT2D eigenvalue weighted by molar-refractivity contribution is -0.131. The van der Waals surface area contributed by atoms with Gasteiger partial charge >= 0.3 is 5.97 Å². The molecule has 0 aliphatic heterocycles. The standard InChI is InChI=1S/C22H27NO2.C8H8O3/c1-4-22(24)10-8-18-16-6-5-15-11-19-14(13-23-25-19)12-20(15,2)17(16)7-9-21(18,22)3;1-6(9)11-8-4-2-7(10)3-5-8/h1,11,13,16-18,24H,5-10,12H2,2-3H3;2-5,10H,1H3. The maximum absolute atomic E-state index is 11.1. The van der Waals surface area contributed by atoms with Crippen LogP contribution in [0.5, 0.6) is 11.5 Å². The number of aliphatic hydroxyl groups is 1. The van der Waals surface area contributed by atoms with Gasteiger partial charge in [0.25, 0.3) is 0 Å². The van der Waals surface area contributed by atoms with Crippen LogP contribution in [0.1, 0.15) is 70.6 Å². The Balaban J connectivity index is 0.000000205. The number of aromatic nitrogens is 1. The second-order valence-electron chi connectivity index (χ2n) is 11.5. The molecule has 6 nitrogen and oxygen atoms in total. The maximum Gasteiger partial charge on any atom is 0.308 e. The third-order valence-corrected chi connectivity index (χ3v) is 9.76. The molecule has 4 aliphatic rings. The van der Waals surface area contributed by atoms with E-state index in [2.05, 4.69) is 31.0 Å². The molecule has 2 aromatic rings. The van der Waals surface area contributed by atoms with Crippen molar-refractivity contribution in [3.8, 4) is 23.8 Å². The van der Waals surface area contributed by atoms with Gasteiger partial charge in [0.05, 0.1) is 6.20 Å². The number of fused-ring (bicyclic) bond motifs is 6. The van der Waals surface area contributed by atoms with Gasteiger partial charge in [0, 0.05) is 17.9 Å². The number of nitrogens with zero attached hydrogens (tertiary/aromatic N) is 1. The highest BCUT2D eigenvalue weighted by atomic mass is 16.5. The van der Waals surface area contributed by atoms with Crippen LogP contribution in [0.4, 0.5) is 0 Å². The van der Waals surface area contributed by atoms with Crippen molar-refractivity contribution >= 4 is 12.0 Å². The van der Waals surface area contributed by atoms with Crippen molar-refractivity contribution in [3.63, 3.8) is 0 Å². The molecule has 1 heterocycles. The normalized spacial score (nSPS) is 36.0. The molecule has 6 rings (SSSR count). The Labute approximate surface area is 212 Å². The zero-order valence-electron chi connectivity index (χ0n) is 21.3. The highest BCUT2D eigenvalue weighted by Crippen LogP contribution is 2.67. The number of rotatable bonds is 1. The number of hydrogen-bond donors (Lipinski definition) is 2. The molecule has 3 saturated carbocycles. The number of aromatic hydroxyl groups is 1. The van der Waals surface area contributed by atoms with Crippen molar-refractivity contribution < 1.29 is 24.3 Å². The molecule has 36 heavy (non-hydrogen) atoms. The first-order valence-corrected chi connectivity index (χ1v) is 12.9. The number of allylic oxidation sites excluding steroid dienone is 1. The molecule has 0 bridgehead atoms. The Kier molecular flexibility index (Phi) is 6.03. The van der Waals surface area contributed by atoms with E-state index < -0.39 is 5.60 Å². The van der Waals surface area contributed by atoms with Crippen molar-refractivity contribution in [2.45, 2.75) is 71.3 Å². The van der Waals surface area contributed by atoms with Crippen molar-refractivity contribution in [1.82, 2.24) is 5.16 Å². The SMILES string of the molecule is C#CC1(O)CCC2C3CCC4=Cc5oncc5CC4(C)C3CCC21C.CC(=O)Oc1ccc(O)cc1. The Morgan fingerprint density at radius 2 is 1.89 bits per heavy atom. The van der Waals surface area contributed by atoms with Crippen molar-refractivity contribution in [1.29, 1.82) is 0 Å². The molecule has 0 amide bonds. The number of hydrogen-bond acceptors (Lipinski definition) is 6. The third-order valence-electron chi connectivity index (χ3n) is 9.76. The van der Waals surface area contributed by atoms with Crippen LogP contribution < -0.4 is 4.74 Å². The predicted octanol–water partition coefficient (Wildman–Crippen LogP) is 5.54. The number of carbonyl (C=O) groups is 1. The van der Waals surface area contributed by atoms with E-state index in [1.54, 1.807) is 5.57 Å². The first-order chi connectivity index (χ1) is 17.1. The molecular weight excluding hydrogens is 454 g/mol. The van der Waals surface area contributed by atoms with Gasteiger partial charge in [-0.05, 0) is 98.5 Å². The number of benzene rings is 1. The van der Waals surface area contributed by atoms with Crippen LogP contribution in [0.2, 0.25) is 0 Å². The van der Waals surface area contributed by atoms with E-state index in [0.29, 0.717) is 23.5 Å². The van der Waals surface area contributed by atoms with E-state index >= 15 is 0 Å². The maximum atomic E-state index is 11.1. The van der Waals surface area contributed by atoms with Crippen LogP contribution in [-0.4, -0.2) is 26.9 Å². The van der Waals surface area contributed by atoms with Crippen LogP contribution in [-0.2, 0) is 11.2 Å². The molecule has 190 valence electrons. The molecule has 6 unspecified atom stereocenters. The van der Waals surface area contributed by atoms with E-state index in [1.807, 2.05) is 6.20 Å². The number of phenols is 1. The topological polar surface area (TPSA) is 92.8 Å². The van der Waals surface area contributed by atoms with E-state index in [9.17, 15) is 9.90 Å². The Bertz CT molecular complexity index is 1220. The van der Waals surface area contributed by atoms with E-state index in [1.165, 1.54) is 43.2 Å². The molecule has 0 saturated heterocycles. The van der Waals surface area contributed by atoms with Gasteiger partial charge in [0.2, 0.25) is 0 Å². The van der Waals surface area contributed by atoms with Gasteiger partial charge in [0.1, 0.15) is 17.1 Å². The summed E-state index contributed by atoms with van der Waals surface area (Å²) in [4.78, 5) is 10.4. The van der Waals surface area contributed by atoms with Gasteiger partial charge in [-0.1, -0.05) is 30.5 Å². The molecular formula is C30H35NO5. The zero-order valence-corrected chi connectivity index (χ0v) is 21.3. The molecule has 1 aromatic carbocycles. The molecule has 6 atom stereocenters. The van der Waals surface area contributed by atoms with Gasteiger partial charge < -0.3 is 19.5 Å². The lowest BCUT2D eigenvalue weighted by Gasteiger charge is -2.58. The molecule has 0 radical (unpaired) electrons. The summed E-state index contributed by atoms with van der Waals surface area (Å²) in [6.45, 7) is 6.04. The van der Waals surface area contributed by atoms with Crippen LogP contribution >= 0.6 is 0 Å². The molecule has 6 heteroatoms. The Morgan fingerprint density at radius 1 is 1.17 bits per heavy atom. The van der Waals surface area contributed by atoms with Crippen molar-refractivity contribution in [2.75, 3.05) is 0 Å². The average Bonchev–Trinajstić information content (AvgIpc) is 3.40. The van der Waals surface area contributed by atoms with Crippen LogP contribution in [0.3, 0.4) is 0 Å². The van der Waals surface area contributed by atoms with Gasteiger partial charge in [-0.25, -0.2) is 0 Å². The molecule has 3 fully saturated rings. The second kappa shape index (κ2) is 8.81. The summed E-state index contributed by atoms with van der Waals surface area (Å²) in [5.74, 6) is 5.87. The summed E-state index contributed by atoms with van der Waals surface area (Å²) in [5, 5.41) is 23.9. The van der Waals surface area contributed by atoms with E-state index in [0.717, 1.165) is 44.3 Å². The van der Waals surface area contributed by atoms with Crippen molar-refractivity contribution in [3.05, 3.63) is 47.4 Å². The molecule has 0 spiro atoms. The predicted molar refractivity (Wildman–Crippen MR) is 136 cm³/mol. The van der Waals surface area contributed by atoms with Gasteiger partial charge in [-0.3, -0.25) is 4.79 Å². The van der Waals surface area contributed by atoms with Crippen molar-refractivity contribution in [2.24, 2.45) is 28.6 Å². The molecule has 4 aliphatic carbocycles. The van der Waals surface area contributed by atoms with Crippen LogP contribution in [0, 0.1) is 40.9 Å². The van der Waals surface area contributed by atoms with Crippen LogP contribution in [0.25, 0.3) is 6.08 Å². The molecule has 1 aromatic heterocycles. The fraction of sp³-hybridized carbons (Fsp3) is 0.533. The smallest absolute Gasteiger partial charge is 0.308 e. The van der Waals surface area contributed by atoms with E-state index in [-0.39, 0.29) is 22.5 Å². The summed E-state index contributed by atoms with van der Waals surface area (Å²) < 4.78 is 10.2. The summed E-state index contributed by atoms with van der Waals surface area (Å²) in [6, 6.07) is 5.96. The fourth-order valence-corrected chi connectivity index (χ4v) is 7.82. The zero-order chi connectivity index (χ0) is 25.7. The lowest BCUT2D eigenvalue weighted by Crippen LogP contribution is -2.54. The number of carbonyl (C=O) groups excluding carboxylic acids is 1. The highest BCUT2D eigenvalue weighted by Gasteiger charge is 2.63. The summed E-state index contributed by atoms with van der Waals surface area (Å²) in [6.07, 6.45) is 17.4. The van der Waals surface area contributed by atoms with Crippen LogP contribution in [0.15, 0.2) is 40.6 Å². The van der Waals surface area contributed by atoms with Gasteiger partial charge in [-0.15, -0.1) is 6.42 Å².